The number of para-hydroxylation sites is 1. The molecule has 2 heterocycles. The van der Waals surface area contributed by atoms with E-state index in [1.54, 1.807) is 18.2 Å². The van der Waals surface area contributed by atoms with E-state index >= 15 is 0 Å². The maximum atomic E-state index is 11.5. The van der Waals surface area contributed by atoms with Crippen LogP contribution in [0.25, 0.3) is 11.1 Å². The van der Waals surface area contributed by atoms with Gasteiger partial charge in [0.25, 0.3) is 11.9 Å². The third-order valence-electron chi connectivity index (χ3n) is 4.15. The van der Waals surface area contributed by atoms with Gasteiger partial charge in [-0.2, -0.15) is 4.98 Å². The number of oxazole rings is 1. The third-order valence-corrected chi connectivity index (χ3v) is 4.15. The molecule has 1 aliphatic rings. The molecule has 0 bridgehead atoms. The summed E-state index contributed by atoms with van der Waals surface area (Å²) in [5, 5.41) is 0. The van der Waals surface area contributed by atoms with Crippen LogP contribution in [-0.4, -0.2) is 42.6 Å². The molecule has 21 heavy (non-hydrogen) atoms. The number of primary amides is 1. The van der Waals surface area contributed by atoms with Crippen LogP contribution in [0.4, 0.5) is 6.01 Å². The fraction of sp³-hybridized carbons (Fsp3) is 0.467. The van der Waals surface area contributed by atoms with Crippen molar-refractivity contribution in [2.24, 2.45) is 5.73 Å². The Labute approximate surface area is 123 Å². The second-order valence-electron chi connectivity index (χ2n) is 5.58. The molecule has 2 N–H and O–H groups in total. The normalized spacial score (nSPS) is 19.8. The first-order chi connectivity index (χ1) is 10.1. The zero-order chi connectivity index (χ0) is 15.0. The zero-order valence-electron chi connectivity index (χ0n) is 12.4. The Hall–Kier alpha value is -2.08. The van der Waals surface area contributed by atoms with Crippen LogP contribution in [0.1, 0.15) is 29.6 Å². The van der Waals surface area contributed by atoms with Crippen molar-refractivity contribution < 1.29 is 9.21 Å². The summed E-state index contributed by atoms with van der Waals surface area (Å²) < 4.78 is 5.80. The van der Waals surface area contributed by atoms with Gasteiger partial charge in [0.1, 0.15) is 5.52 Å². The van der Waals surface area contributed by atoms with Crippen molar-refractivity contribution in [1.29, 1.82) is 0 Å². The van der Waals surface area contributed by atoms with Crippen LogP contribution in [0.5, 0.6) is 0 Å². The van der Waals surface area contributed by atoms with Gasteiger partial charge in [0.15, 0.2) is 5.58 Å². The number of carbonyl (C=O) groups is 1. The minimum absolute atomic E-state index is 0.267. The minimum Gasteiger partial charge on any atom is -0.423 e. The van der Waals surface area contributed by atoms with Gasteiger partial charge in [0.2, 0.25) is 0 Å². The summed E-state index contributed by atoms with van der Waals surface area (Å²) in [4.78, 5) is 20.3. The molecule has 2 aromatic rings. The first-order valence-electron chi connectivity index (χ1n) is 7.20. The van der Waals surface area contributed by atoms with Gasteiger partial charge in [-0.3, -0.25) is 9.69 Å². The minimum atomic E-state index is -0.488. The van der Waals surface area contributed by atoms with Crippen molar-refractivity contribution in [2.45, 2.75) is 25.4 Å². The van der Waals surface area contributed by atoms with Crippen molar-refractivity contribution >= 4 is 23.0 Å². The molecule has 1 aliphatic heterocycles. The molecular weight excluding hydrogens is 268 g/mol. The Morgan fingerprint density at radius 1 is 1.48 bits per heavy atom. The van der Waals surface area contributed by atoms with E-state index in [4.69, 9.17) is 10.2 Å². The van der Waals surface area contributed by atoms with Gasteiger partial charge < -0.3 is 15.1 Å². The van der Waals surface area contributed by atoms with Crippen molar-refractivity contribution in [3.63, 3.8) is 0 Å². The van der Waals surface area contributed by atoms with Crippen LogP contribution in [0.15, 0.2) is 22.6 Å². The molecule has 1 aromatic carbocycles. The van der Waals surface area contributed by atoms with E-state index in [1.807, 2.05) is 11.9 Å². The van der Waals surface area contributed by atoms with Gasteiger partial charge in [0, 0.05) is 7.05 Å². The van der Waals surface area contributed by atoms with E-state index in [9.17, 15) is 4.79 Å². The van der Waals surface area contributed by atoms with E-state index in [0.29, 0.717) is 22.7 Å². The highest BCUT2D eigenvalue weighted by molar-refractivity contribution is 6.03. The molecule has 6 nitrogen and oxygen atoms in total. The fourth-order valence-corrected chi connectivity index (χ4v) is 2.96. The van der Waals surface area contributed by atoms with E-state index < -0.39 is 5.91 Å². The molecule has 1 aromatic heterocycles. The third kappa shape index (κ3) is 2.47. The summed E-state index contributed by atoms with van der Waals surface area (Å²) in [5.74, 6) is -0.488. The zero-order valence-corrected chi connectivity index (χ0v) is 12.4. The van der Waals surface area contributed by atoms with E-state index in [0.717, 1.165) is 13.0 Å². The summed E-state index contributed by atoms with van der Waals surface area (Å²) in [6.07, 6.45) is 3.77. The van der Waals surface area contributed by atoms with E-state index in [2.05, 4.69) is 16.9 Å². The number of piperidine rings is 1. The summed E-state index contributed by atoms with van der Waals surface area (Å²) in [6.45, 7) is 1.07. The average molecular weight is 288 g/mol. The fourth-order valence-electron chi connectivity index (χ4n) is 2.96. The van der Waals surface area contributed by atoms with Crippen molar-refractivity contribution in [3.05, 3.63) is 23.8 Å². The Morgan fingerprint density at radius 2 is 2.29 bits per heavy atom. The Kier molecular flexibility index (Phi) is 3.55. The summed E-state index contributed by atoms with van der Waals surface area (Å²) >= 11 is 0. The van der Waals surface area contributed by atoms with Crippen molar-refractivity contribution in [1.82, 2.24) is 9.88 Å². The molecule has 0 radical (unpaired) electrons. The lowest BCUT2D eigenvalue weighted by molar-refractivity contribution is 0.100. The van der Waals surface area contributed by atoms with Crippen molar-refractivity contribution in [3.8, 4) is 0 Å². The number of fused-ring (bicyclic) bond motifs is 1. The predicted molar refractivity (Wildman–Crippen MR) is 81.2 cm³/mol. The SMILES string of the molecule is CN1CCCCC1N(C)c1nc2c(C(N)=O)cccc2o1. The van der Waals surface area contributed by atoms with Gasteiger partial charge in [0.05, 0.1) is 11.7 Å². The van der Waals surface area contributed by atoms with Gasteiger partial charge in [-0.05, 0) is 45.0 Å². The highest BCUT2D eigenvalue weighted by Gasteiger charge is 2.26. The standard InChI is InChI=1S/C15H20N4O2/c1-18-9-4-3-8-12(18)19(2)15-17-13-10(14(16)20)6-5-7-11(13)21-15/h5-7,12H,3-4,8-9H2,1-2H3,(H2,16,20). The summed E-state index contributed by atoms with van der Waals surface area (Å²) in [5.41, 5.74) is 6.91. The lowest BCUT2D eigenvalue weighted by Crippen LogP contribution is -2.47. The molecule has 112 valence electrons. The Morgan fingerprint density at radius 3 is 3.00 bits per heavy atom. The molecular formula is C15H20N4O2. The molecule has 1 amide bonds. The molecule has 0 spiro atoms. The smallest absolute Gasteiger partial charge is 0.299 e. The number of nitrogens with zero attached hydrogens (tertiary/aromatic N) is 3. The van der Waals surface area contributed by atoms with Crippen LogP contribution >= 0.6 is 0 Å². The second-order valence-corrected chi connectivity index (χ2v) is 5.58. The van der Waals surface area contributed by atoms with Crippen LogP contribution in [0.2, 0.25) is 0 Å². The van der Waals surface area contributed by atoms with Gasteiger partial charge in [-0.1, -0.05) is 6.07 Å². The lowest BCUT2D eigenvalue weighted by Gasteiger charge is -2.37. The average Bonchev–Trinajstić information content (AvgIpc) is 2.90. The Balaban J connectivity index is 1.97. The molecule has 6 heteroatoms. The molecule has 1 saturated heterocycles. The number of aromatic nitrogens is 1. The van der Waals surface area contributed by atoms with Crippen LogP contribution in [-0.2, 0) is 0 Å². The predicted octanol–water partition coefficient (Wildman–Crippen LogP) is 1.80. The lowest BCUT2D eigenvalue weighted by atomic mass is 10.1. The van der Waals surface area contributed by atoms with E-state index in [1.165, 1.54) is 12.8 Å². The molecule has 1 fully saturated rings. The molecule has 1 unspecified atom stereocenters. The second kappa shape index (κ2) is 5.37. The number of anilines is 1. The Bertz CT molecular complexity index is 667. The van der Waals surface area contributed by atoms with Crippen LogP contribution < -0.4 is 10.6 Å². The largest absolute Gasteiger partial charge is 0.423 e. The molecule has 1 atom stereocenters. The van der Waals surface area contributed by atoms with Gasteiger partial charge in [-0.15, -0.1) is 0 Å². The molecule has 0 saturated carbocycles. The number of likely N-dealkylation sites (tertiary alicyclic amines) is 1. The first-order valence-corrected chi connectivity index (χ1v) is 7.20. The van der Waals surface area contributed by atoms with Gasteiger partial charge >= 0.3 is 0 Å². The first kappa shape index (κ1) is 13.9. The summed E-state index contributed by atoms with van der Waals surface area (Å²) in [7, 11) is 4.08. The number of hydrogen-bond acceptors (Lipinski definition) is 5. The number of hydrogen-bond donors (Lipinski definition) is 1. The van der Waals surface area contributed by atoms with Gasteiger partial charge in [-0.25, -0.2) is 0 Å². The highest BCUT2D eigenvalue weighted by Crippen LogP contribution is 2.27. The number of rotatable bonds is 3. The molecule has 3 rings (SSSR count). The molecule has 0 aliphatic carbocycles. The number of amides is 1. The maximum absolute atomic E-state index is 11.5. The highest BCUT2D eigenvalue weighted by atomic mass is 16.4. The van der Waals surface area contributed by atoms with E-state index in [-0.39, 0.29) is 6.17 Å². The monoisotopic (exact) mass is 288 g/mol. The topological polar surface area (TPSA) is 75.6 Å². The maximum Gasteiger partial charge on any atom is 0.299 e. The number of benzene rings is 1. The van der Waals surface area contributed by atoms with Crippen LogP contribution in [0.3, 0.4) is 0 Å². The number of carbonyl (C=O) groups excluding carboxylic acids is 1. The number of nitrogens with two attached hydrogens (primary N) is 1. The van der Waals surface area contributed by atoms with Crippen molar-refractivity contribution in [2.75, 3.05) is 25.5 Å². The van der Waals surface area contributed by atoms with Crippen LogP contribution in [0, 0.1) is 0 Å². The summed E-state index contributed by atoms with van der Waals surface area (Å²) in [6, 6.07) is 5.75. The quantitative estimate of drug-likeness (QED) is 0.932.